The van der Waals surface area contributed by atoms with E-state index in [1.165, 1.54) is 6.08 Å². The fraction of sp³-hybridized carbons (Fsp3) is 0.308. The molecule has 0 saturated heterocycles. The standard InChI is InChI=1S/C13H17NO2/c1-10-4-3-5-12(8-10)6-7-13(16)14-11(2)9-15/h3-8,11,15H,9H2,1-2H3,(H,14,16)/b7-6+. The molecule has 0 radical (unpaired) electrons. The number of rotatable bonds is 4. The molecule has 1 amide bonds. The Kier molecular flexibility index (Phi) is 4.73. The van der Waals surface area contributed by atoms with Crippen LogP contribution in [-0.4, -0.2) is 23.7 Å². The molecular formula is C13H17NO2. The fourth-order valence-corrected chi connectivity index (χ4v) is 1.28. The zero-order valence-electron chi connectivity index (χ0n) is 9.60. The smallest absolute Gasteiger partial charge is 0.244 e. The minimum absolute atomic E-state index is 0.0516. The van der Waals surface area contributed by atoms with Crippen LogP contribution in [0.1, 0.15) is 18.1 Å². The summed E-state index contributed by atoms with van der Waals surface area (Å²) in [5.74, 6) is -0.192. The molecule has 0 fully saturated rings. The first kappa shape index (κ1) is 12.5. The van der Waals surface area contributed by atoms with Crippen LogP contribution in [0, 0.1) is 6.92 Å². The molecule has 0 aromatic heterocycles. The van der Waals surface area contributed by atoms with Crippen molar-refractivity contribution in [2.45, 2.75) is 19.9 Å². The molecule has 3 nitrogen and oxygen atoms in total. The lowest BCUT2D eigenvalue weighted by atomic mass is 10.1. The molecule has 1 rings (SSSR count). The number of carbonyl (C=O) groups excluding carboxylic acids is 1. The molecule has 1 atom stereocenters. The van der Waals surface area contributed by atoms with Crippen molar-refractivity contribution in [1.29, 1.82) is 0 Å². The van der Waals surface area contributed by atoms with Crippen molar-refractivity contribution >= 4 is 12.0 Å². The van der Waals surface area contributed by atoms with E-state index in [0.717, 1.165) is 11.1 Å². The van der Waals surface area contributed by atoms with Gasteiger partial charge < -0.3 is 10.4 Å². The van der Waals surface area contributed by atoms with Crippen LogP contribution in [0.15, 0.2) is 30.3 Å². The Labute approximate surface area is 95.8 Å². The van der Waals surface area contributed by atoms with Gasteiger partial charge in [0.15, 0.2) is 0 Å². The highest BCUT2D eigenvalue weighted by Crippen LogP contribution is 2.05. The SMILES string of the molecule is Cc1cccc(/C=C/C(=O)NC(C)CO)c1. The number of aliphatic hydroxyl groups excluding tert-OH is 1. The number of nitrogens with one attached hydrogen (secondary N) is 1. The van der Waals surface area contributed by atoms with Crippen molar-refractivity contribution in [2.24, 2.45) is 0 Å². The van der Waals surface area contributed by atoms with E-state index in [-0.39, 0.29) is 18.6 Å². The van der Waals surface area contributed by atoms with E-state index in [1.54, 1.807) is 13.0 Å². The average Bonchev–Trinajstić information content (AvgIpc) is 2.26. The molecular weight excluding hydrogens is 202 g/mol. The van der Waals surface area contributed by atoms with Crippen LogP contribution in [0.25, 0.3) is 6.08 Å². The Morgan fingerprint density at radius 3 is 2.94 bits per heavy atom. The lowest BCUT2D eigenvalue weighted by Crippen LogP contribution is -2.33. The first-order chi connectivity index (χ1) is 7.61. The number of hydrogen-bond donors (Lipinski definition) is 2. The van der Waals surface area contributed by atoms with Crippen molar-refractivity contribution in [3.8, 4) is 0 Å². The van der Waals surface area contributed by atoms with Gasteiger partial charge in [-0.15, -0.1) is 0 Å². The Morgan fingerprint density at radius 2 is 2.31 bits per heavy atom. The van der Waals surface area contributed by atoms with E-state index in [1.807, 2.05) is 31.2 Å². The summed E-state index contributed by atoms with van der Waals surface area (Å²) < 4.78 is 0. The Bertz CT molecular complexity index is 385. The molecule has 0 saturated carbocycles. The number of amides is 1. The summed E-state index contributed by atoms with van der Waals surface area (Å²) in [6, 6.07) is 7.68. The highest BCUT2D eigenvalue weighted by atomic mass is 16.3. The molecule has 0 heterocycles. The van der Waals surface area contributed by atoms with Gasteiger partial charge in [0, 0.05) is 12.1 Å². The summed E-state index contributed by atoms with van der Waals surface area (Å²) in [6.45, 7) is 3.70. The van der Waals surface area contributed by atoms with Gasteiger partial charge in [-0.25, -0.2) is 0 Å². The van der Waals surface area contributed by atoms with Gasteiger partial charge >= 0.3 is 0 Å². The van der Waals surface area contributed by atoms with E-state index in [4.69, 9.17) is 5.11 Å². The Hall–Kier alpha value is -1.61. The first-order valence-electron chi connectivity index (χ1n) is 5.28. The normalized spacial score (nSPS) is 12.7. The van der Waals surface area contributed by atoms with Crippen LogP contribution in [-0.2, 0) is 4.79 Å². The molecule has 0 bridgehead atoms. The summed E-state index contributed by atoms with van der Waals surface area (Å²) in [5, 5.41) is 11.4. The molecule has 0 aliphatic rings. The monoisotopic (exact) mass is 219 g/mol. The summed E-state index contributed by atoms with van der Waals surface area (Å²) in [5.41, 5.74) is 2.15. The molecule has 3 heteroatoms. The molecule has 0 aliphatic heterocycles. The van der Waals surface area contributed by atoms with Gasteiger partial charge in [0.05, 0.1) is 6.61 Å². The van der Waals surface area contributed by atoms with E-state index < -0.39 is 0 Å². The largest absolute Gasteiger partial charge is 0.394 e. The number of aryl methyl sites for hydroxylation is 1. The molecule has 0 aliphatic carbocycles. The molecule has 1 aromatic rings. The van der Waals surface area contributed by atoms with Crippen molar-refractivity contribution in [1.82, 2.24) is 5.32 Å². The van der Waals surface area contributed by atoms with Crippen LogP contribution in [0.4, 0.5) is 0 Å². The second kappa shape index (κ2) is 6.08. The van der Waals surface area contributed by atoms with E-state index in [9.17, 15) is 4.79 Å². The Balaban J connectivity index is 2.56. The maximum atomic E-state index is 11.4. The van der Waals surface area contributed by atoms with Crippen molar-refractivity contribution in [2.75, 3.05) is 6.61 Å². The van der Waals surface area contributed by atoms with Crippen molar-refractivity contribution in [3.63, 3.8) is 0 Å². The zero-order chi connectivity index (χ0) is 12.0. The van der Waals surface area contributed by atoms with Crippen LogP contribution in [0.3, 0.4) is 0 Å². The van der Waals surface area contributed by atoms with Crippen molar-refractivity contribution < 1.29 is 9.90 Å². The second-order valence-electron chi connectivity index (χ2n) is 3.84. The minimum atomic E-state index is -0.213. The van der Waals surface area contributed by atoms with Crippen LogP contribution < -0.4 is 5.32 Å². The molecule has 1 aromatic carbocycles. The van der Waals surface area contributed by atoms with Gasteiger partial charge in [-0.3, -0.25) is 4.79 Å². The first-order valence-corrected chi connectivity index (χ1v) is 5.28. The van der Waals surface area contributed by atoms with E-state index in [0.29, 0.717) is 0 Å². The van der Waals surface area contributed by atoms with Crippen LogP contribution in [0.5, 0.6) is 0 Å². The quantitative estimate of drug-likeness (QED) is 0.754. The van der Waals surface area contributed by atoms with Gasteiger partial charge in [0.2, 0.25) is 5.91 Å². The van der Waals surface area contributed by atoms with Gasteiger partial charge in [-0.2, -0.15) is 0 Å². The highest BCUT2D eigenvalue weighted by molar-refractivity contribution is 5.91. The average molecular weight is 219 g/mol. The number of benzene rings is 1. The lowest BCUT2D eigenvalue weighted by molar-refractivity contribution is -0.117. The lowest BCUT2D eigenvalue weighted by Gasteiger charge is -2.07. The summed E-state index contributed by atoms with van der Waals surface area (Å²) in [4.78, 5) is 11.4. The zero-order valence-corrected chi connectivity index (χ0v) is 9.60. The number of carbonyl (C=O) groups is 1. The van der Waals surface area contributed by atoms with Gasteiger partial charge in [-0.05, 0) is 25.5 Å². The summed E-state index contributed by atoms with van der Waals surface area (Å²) in [6.07, 6.45) is 3.23. The van der Waals surface area contributed by atoms with Crippen molar-refractivity contribution in [3.05, 3.63) is 41.5 Å². The second-order valence-corrected chi connectivity index (χ2v) is 3.84. The summed E-state index contributed by atoms with van der Waals surface area (Å²) >= 11 is 0. The third-order valence-corrected chi connectivity index (χ3v) is 2.13. The van der Waals surface area contributed by atoms with Gasteiger partial charge in [0.1, 0.15) is 0 Å². The topological polar surface area (TPSA) is 49.3 Å². The maximum absolute atomic E-state index is 11.4. The number of hydrogen-bond acceptors (Lipinski definition) is 2. The molecule has 16 heavy (non-hydrogen) atoms. The predicted molar refractivity (Wildman–Crippen MR) is 64.9 cm³/mol. The van der Waals surface area contributed by atoms with Gasteiger partial charge in [-0.1, -0.05) is 29.8 Å². The predicted octanol–water partition coefficient (Wildman–Crippen LogP) is 1.51. The third-order valence-electron chi connectivity index (χ3n) is 2.13. The van der Waals surface area contributed by atoms with E-state index >= 15 is 0 Å². The Morgan fingerprint density at radius 1 is 1.56 bits per heavy atom. The maximum Gasteiger partial charge on any atom is 0.244 e. The summed E-state index contributed by atoms with van der Waals surface area (Å²) in [7, 11) is 0. The fourth-order valence-electron chi connectivity index (χ4n) is 1.28. The molecule has 1 unspecified atom stereocenters. The molecule has 2 N–H and O–H groups in total. The van der Waals surface area contributed by atoms with E-state index in [2.05, 4.69) is 5.32 Å². The van der Waals surface area contributed by atoms with Gasteiger partial charge in [0.25, 0.3) is 0 Å². The third kappa shape index (κ3) is 4.28. The van der Waals surface area contributed by atoms with Crippen LogP contribution in [0.2, 0.25) is 0 Å². The minimum Gasteiger partial charge on any atom is -0.394 e. The number of aliphatic hydroxyl groups is 1. The van der Waals surface area contributed by atoms with Crippen LogP contribution >= 0.6 is 0 Å². The highest BCUT2D eigenvalue weighted by Gasteiger charge is 2.01. The molecule has 86 valence electrons. The molecule has 0 spiro atoms.